The molecule has 0 unspecified atom stereocenters. The molecule has 2 saturated heterocycles. The molecule has 10 heteroatoms. The van der Waals surface area contributed by atoms with Crippen LogP contribution in [0.3, 0.4) is 0 Å². The van der Waals surface area contributed by atoms with Crippen molar-refractivity contribution in [3.63, 3.8) is 0 Å². The van der Waals surface area contributed by atoms with Gasteiger partial charge in [0.1, 0.15) is 24.2 Å². The molecule has 5 atom stereocenters. The fourth-order valence-electron chi connectivity index (χ4n) is 5.86. The number of benzene rings is 3. The molecule has 8 nitrogen and oxygen atoms in total. The highest BCUT2D eigenvalue weighted by atomic mass is 32.2. The van der Waals surface area contributed by atoms with Crippen LogP contribution in [0.15, 0.2) is 102 Å². The van der Waals surface area contributed by atoms with E-state index >= 15 is 0 Å². The first kappa shape index (κ1) is 31.8. The van der Waals surface area contributed by atoms with Gasteiger partial charge in [0.05, 0.1) is 6.61 Å². The molecule has 0 saturated carbocycles. The lowest BCUT2D eigenvalue weighted by atomic mass is 9.98. The molecular weight excluding hydrogens is 595 g/mol. The zero-order chi connectivity index (χ0) is 31.3. The Bertz CT molecular complexity index is 1390. The Hall–Kier alpha value is -3.57. The van der Waals surface area contributed by atoms with Gasteiger partial charge in [0.15, 0.2) is 12.2 Å². The number of rotatable bonds is 10. The summed E-state index contributed by atoms with van der Waals surface area (Å²) in [5.74, 6) is 0. The van der Waals surface area contributed by atoms with Crippen molar-refractivity contribution in [2.24, 2.45) is 0 Å². The second-order valence-corrected chi connectivity index (χ2v) is 17.4. The molecular formula is C34H39NO7SSi. The lowest BCUT2D eigenvalue weighted by Crippen LogP contribution is -2.68. The zero-order valence-corrected chi connectivity index (χ0v) is 27.3. The summed E-state index contributed by atoms with van der Waals surface area (Å²) in [6, 6.07) is 28.0. The Morgan fingerprint density at radius 2 is 1.61 bits per heavy atom. The third-order valence-corrected chi connectivity index (χ3v) is 14.1. The van der Waals surface area contributed by atoms with E-state index in [9.17, 15) is 9.59 Å². The average Bonchev–Trinajstić information content (AvgIpc) is 3.41. The molecule has 2 fully saturated rings. The fraction of sp³-hybridized carbons (Fsp3) is 0.353. The van der Waals surface area contributed by atoms with Crippen LogP contribution in [0, 0.1) is 6.92 Å². The number of fused-ring (bicyclic) bond motifs is 1. The number of alkyl carbamates (subject to hydrolysis) is 1. The number of thioether (sulfide) groups is 1. The van der Waals surface area contributed by atoms with Gasteiger partial charge in [-0.05, 0) is 34.5 Å². The standard InChI is InChI=1S/C34H39NO7SSi/c1-6-21-38-33(37)42-29-27(40-31(28-30(29)41-32(36)35-28)43-24-19-17-23(2)18-20-24)22-39-44(34(3,4)5,25-13-9-7-10-14-25)26-15-11-8-12-16-26/h6-20,27-31H,1,21-22H2,2-5H3,(H,35,36)/t27-,28-,29-,30-,31+/m1/s1. The van der Waals surface area contributed by atoms with Gasteiger partial charge in [-0.2, -0.15) is 0 Å². The van der Waals surface area contributed by atoms with Crippen LogP contribution in [-0.2, 0) is 23.4 Å². The maximum Gasteiger partial charge on any atom is 0.509 e. The van der Waals surface area contributed by atoms with Crippen LogP contribution in [0.4, 0.5) is 9.59 Å². The van der Waals surface area contributed by atoms with Gasteiger partial charge in [-0.25, -0.2) is 9.59 Å². The summed E-state index contributed by atoms with van der Waals surface area (Å²) in [7, 11) is -2.97. The van der Waals surface area contributed by atoms with Gasteiger partial charge < -0.3 is 28.7 Å². The van der Waals surface area contributed by atoms with Crippen molar-refractivity contribution in [2.45, 2.75) is 67.4 Å². The first-order valence-electron chi connectivity index (χ1n) is 14.7. The summed E-state index contributed by atoms with van der Waals surface area (Å²) in [6.45, 7) is 12.3. The van der Waals surface area contributed by atoms with Crippen LogP contribution < -0.4 is 15.7 Å². The first-order chi connectivity index (χ1) is 21.1. The van der Waals surface area contributed by atoms with Crippen molar-refractivity contribution >= 4 is 42.7 Å². The van der Waals surface area contributed by atoms with Crippen LogP contribution >= 0.6 is 11.8 Å². The maximum absolute atomic E-state index is 12.7. The number of carbonyl (C=O) groups is 2. The smallest absolute Gasteiger partial charge is 0.440 e. The Morgan fingerprint density at radius 3 is 2.18 bits per heavy atom. The number of aryl methyl sites for hydroxylation is 1. The van der Waals surface area contributed by atoms with Gasteiger partial charge in [-0.3, -0.25) is 0 Å². The second-order valence-electron chi connectivity index (χ2n) is 11.9. The molecule has 3 aromatic rings. The minimum absolute atomic E-state index is 0.0202. The summed E-state index contributed by atoms with van der Waals surface area (Å²) < 4.78 is 30.6. The molecule has 232 valence electrons. The number of hydrogen-bond acceptors (Lipinski definition) is 8. The van der Waals surface area contributed by atoms with Crippen molar-refractivity contribution in [2.75, 3.05) is 13.2 Å². The van der Waals surface area contributed by atoms with E-state index in [4.69, 9.17) is 23.4 Å². The zero-order valence-electron chi connectivity index (χ0n) is 25.4. The molecule has 2 heterocycles. The van der Waals surface area contributed by atoms with Crippen molar-refractivity contribution in [1.29, 1.82) is 0 Å². The van der Waals surface area contributed by atoms with E-state index in [-0.39, 0.29) is 18.3 Å². The molecule has 0 aromatic heterocycles. The molecule has 0 aliphatic carbocycles. The average molecular weight is 634 g/mol. The Balaban J connectivity index is 1.52. The topological polar surface area (TPSA) is 92.3 Å². The Morgan fingerprint density at radius 1 is 1.00 bits per heavy atom. The lowest BCUT2D eigenvalue weighted by Gasteiger charge is -2.46. The first-order valence-corrected chi connectivity index (χ1v) is 17.5. The Kier molecular flexibility index (Phi) is 9.84. The number of hydrogen-bond donors (Lipinski definition) is 1. The summed E-state index contributed by atoms with van der Waals surface area (Å²) in [6.07, 6.45) is -2.62. The van der Waals surface area contributed by atoms with Gasteiger partial charge in [-0.1, -0.05) is 124 Å². The van der Waals surface area contributed by atoms with E-state index in [2.05, 4.69) is 56.9 Å². The van der Waals surface area contributed by atoms with Gasteiger partial charge >= 0.3 is 12.2 Å². The van der Waals surface area contributed by atoms with E-state index in [0.717, 1.165) is 20.8 Å². The number of nitrogens with one attached hydrogen (secondary N) is 1. The van der Waals surface area contributed by atoms with Crippen LogP contribution in [0.1, 0.15) is 26.3 Å². The van der Waals surface area contributed by atoms with Crippen LogP contribution in [0.5, 0.6) is 0 Å². The van der Waals surface area contributed by atoms with Gasteiger partial charge in [0, 0.05) is 4.90 Å². The molecule has 44 heavy (non-hydrogen) atoms. The molecule has 2 aliphatic heterocycles. The summed E-state index contributed by atoms with van der Waals surface area (Å²) in [4.78, 5) is 26.3. The summed E-state index contributed by atoms with van der Waals surface area (Å²) in [5, 5.41) is 4.79. The molecule has 2 aliphatic rings. The predicted octanol–water partition coefficient (Wildman–Crippen LogP) is 5.57. The molecule has 1 N–H and O–H groups in total. The highest BCUT2D eigenvalue weighted by molar-refractivity contribution is 7.99. The van der Waals surface area contributed by atoms with Crippen molar-refractivity contribution in [1.82, 2.24) is 5.32 Å². The van der Waals surface area contributed by atoms with Crippen molar-refractivity contribution in [3.8, 4) is 0 Å². The quantitative estimate of drug-likeness (QED) is 0.176. The number of amides is 1. The molecule has 3 aromatic carbocycles. The van der Waals surface area contributed by atoms with Crippen LogP contribution in [-0.4, -0.2) is 63.6 Å². The van der Waals surface area contributed by atoms with Gasteiger partial charge in [0.25, 0.3) is 8.32 Å². The summed E-state index contributed by atoms with van der Waals surface area (Å²) in [5.41, 5.74) is 0.600. The predicted molar refractivity (Wildman–Crippen MR) is 173 cm³/mol. The largest absolute Gasteiger partial charge is 0.509 e. The lowest BCUT2D eigenvalue weighted by molar-refractivity contribution is -0.161. The Labute approximate surface area is 264 Å². The van der Waals surface area contributed by atoms with E-state index in [1.807, 2.05) is 67.6 Å². The molecule has 0 radical (unpaired) electrons. The second kappa shape index (κ2) is 13.6. The minimum Gasteiger partial charge on any atom is -0.440 e. The third kappa shape index (κ3) is 6.73. The van der Waals surface area contributed by atoms with E-state index < -0.39 is 50.4 Å². The highest BCUT2D eigenvalue weighted by Gasteiger charge is 2.56. The number of carbonyl (C=O) groups excluding carboxylic acids is 2. The maximum atomic E-state index is 12.7. The van der Waals surface area contributed by atoms with Crippen LogP contribution in [0.2, 0.25) is 5.04 Å². The minimum atomic E-state index is -2.97. The van der Waals surface area contributed by atoms with Gasteiger partial charge in [0.2, 0.25) is 0 Å². The van der Waals surface area contributed by atoms with Gasteiger partial charge in [-0.15, -0.1) is 0 Å². The highest BCUT2D eigenvalue weighted by Crippen LogP contribution is 2.40. The normalized spacial score (nSPS) is 23.2. The van der Waals surface area contributed by atoms with Crippen molar-refractivity contribution < 1.29 is 33.0 Å². The monoisotopic (exact) mass is 633 g/mol. The number of ether oxygens (including phenoxy) is 4. The van der Waals surface area contributed by atoms with E-state index in [0.29, 0.717) is 0 Å². The van der Waals surface area contributed by atoms with Crippen LogP contribution in [0.25, 0.3) is 0 Å². The molecule has 5 rings (SSSR count). The fourth-order valence-corrected chi connectivity index (χ4v) is 11.6. The molecule has 1 amide bonds. The van der Waals surface area contributed by atoms with E-state index in [1.54, 1.807) is 0 Å². The van der Waals surface area contributed by atoms with Crippen molar-refractivity contribution in [3.05, 3.63) is 103 Å². The molecule has 0 spiro atoms. The third-order valence-electron chi connectivity index (χ3n) is 7.88. The SMILES string of the molecule is C=CCOC(=O)O[C@H]1[C@@H]2OC(=O)N[C@H]2[C@H](Sc2ccc(C)cc2)O[C@@H]1CO[Si](c1ccccc1)(c1ccccc1)C(C)(C)C. The van der Waals surface area contributed by atoms with E-state index in [1.165, 1.54) is 17.8 Å². The summed E-state index contributed by atoms with van der Waals surface area (Å²) >= 11 is 1.48. The molecule has 0 bridgehead atoms.